The number of hydrogen-bond acceptors (Lipinski definition) is 4. The first-order valence-corrected chi connectivity index (χ1v) is 11.8. The van der Waals surface area contributed by atoms with E-state index in [-0.39, 0.29) is 10.9 Å². The zero-order valence-corrected chi connectivity index (χ0v) is 17.2. The van der Waals surface area contributed by atoms with E-state index in [0.29, 0.717) is 19.4 Å². The fraction of sp³-hybridized carbons (Fsp3) is 0.632. The first-order valence-electron chi connectivity index (χ1n) is 8.84. The average Bonchev–Trinajstić information content (AvgIpc) is 2.53. The molecule has 1 N–H and O–H groups in total. The molecule has 1 unspecified atom stereocenters. The van der Waals surface area contributed by atoms with Gasteiger partial charge in [-0.15, -0.1) is 0 Å². The molecule has 1 aliphatic rings. The van der Waals surface area contributed by atoms with Crippen LogP contribution in [-0.4, -0.2) is 43.7 Å². The summed E-state index contributed by atoms with van der Waals surface area (Å²) in [5.74, 6) is 0.660. The zero-order valence-electron chi connectivity index (χ0n) is 16.2. The number of likely N-dealkylation sites (tertiary alicyclic amines) is 1. The van der Waals surface area contributed by atoms with E-state index in [1.165, 1.54) is 4.90 Å². The predicted molar refractivity (Wildman–Crippen MR) is 101 cm³/mol. The Morgan fingerprint density at radius 1 is 1.20 bits per heavy atom. The van der Waals surface area contributed by atoms with Crippen LogP contribution in [0.5, 0.6) is 5.75 Å². The number of methoxy groups -OCH3 is 1. The molecular formula is C19H31NO4Si. The molecule has 0 saturated carbocycles. The molecular weight excluding hydrogens is 334 g/mol. The molecule has 5 nitrogen and oxygen atoms in total. The Balaban J connectivity index is 2.11. The Morgan fingerprint density at radius 3 is 2.32 bits per heavy atom. The van der Waals surface area contributed by atoms with E-state index < -0.39 is 20.6 Å². The van der Waals surface area contributed by atoms with Gasteiger partial charge in [-0.05, 0) is 48.7 Å². The SMILES string of the molecule is COc1ccc(CN2C(=O)[C@@H](O[Si](C)(C)C(C)(C)C)CCC2O)cc1. The van der Waals surface area contributed by atoms with Gasteiger partial charge in [0.2, 0.25) is 0 Å². The van der Waals surface area contributed by atoms with Gasteiger partial charge in [-0.2, -0.15) is 0 Å². The summed E-state index contributed by atoms with van der Waals surface area (Å²) in [7, 11) is -0.415. The second kappa shape index (κ2) is 7.48. The lowest BCUT2D eigenvalue weighted by Crippen LogP contribution is -2.54. The van der Waals surface area contributed by atoms with Crippen LogP contribution in [0.25, 0.3) is 0 Å². The fourth-order valence-electron chi connectivity index (χ4n) is 2.66. The van der Waals surface area contributed by atoms with Gasteiger partial charge in [0, 0.05) is 6.54 Å². The second-order valence-electron chi connectivity index (χ2n) is 8.24. The summed E-state index contributed by atoms with van der Waals surface area (Å²) in [5.41, 5.74) is 0.959. The summed E-state index contributed by atoms with van der Waals surface area (Å²) < 4.78 is 11.5. The van der Waals surface area contributed by atoms with Crippen LogP contribution in [0.4, 0.5) is 0 Å². The number of carbonyl (C=O) groups excluding carboxylic acids is 1. The van der Waals surface area contributed by atoms with E-state index in [9.17, 15) is 9.90 Å². The number of rotatable bonds is 5. The third-order valence-electron chi connectivity index (χ3n) is 5.36. The van der Waals surface area contributed by atoms with Gasteiger partial charge in [-0.25, -0.2) is 0 Å². The quantitative estimate of drug-likeness (QED) is 0.811. The Hall–Kier alpha value is -1.37. The second-order valence-corrected chi connectivity index (χ2v) is 13.0. The van der Waals surface area contributed by atoms with Gasteiger partial charge in [-0.3, -0.25) is 4.79 Å². The Morgan fingerprint density at radius 2 is 1.80 bits per heavy atom. The Labute approximate surface area is 152 Å². The smallest absolute Gasteiger partial charge is 0.252 e. The minimum atomic E-state index is -2.04. The molecule has 140 valence electrons. The summed E-state index contributed by atoms with van der Waals surface area (Å²) in [6.07, 6.45) is -0.0938. The van der Waals surface area contributed by atoms with Gasteiger partial charge in [-0.1, -0.05) is 32.9 Å². The van der Waals surface area contributed by atoms with E-state index >= 15 is 0 Å². The number of carbonyl (C=O) groups is 1. The summed E-state index contributed by atoms with van der Waals surface area (Å²) in [4.78, 5) is 14.4. The van der Waals surface area contributed by atoms with E-state index in [0.717, 1.165) is 11.3 Å². The summed E-state index contributed by atoms with van der Waals surface area (Å²) in [5, 5.41) is 10.4. The minimum absolute atomic E-state index is 0.0458. The van der Waals surface area contributed by atoms with E-state index in [4.69, 9.17) is 9.16 Å². The standard InChI is InChI=1S/C19H31NO4Si/c1-19(2,3)25(5,6)24-16-11-12-17(21)20(18(16)22)13-14-7-9-15(23-4)10-8-14/h7-10,16-17,21H,11-13H2,1-6H3/t16-,17?/m0/s1. The van der Waals surface area contributed by atoms with E-state index in [1.54, 1.807) is 7.11 Å². The largest absolute Gasteiger partial charge is 0.497 e. The number of benzene rings is 1. The van der Waals surface area contributed by atoms with Crippen LogP contribution in [0, 0.1) is 0 Å². The van der Waals surface area contributed by atoms with Crippen LogP contribution in [0.2, 0.25) is 18.1 Å². The van der Waals surface area contributed by atoms with Crippen molar-refractivity contribution >= 4 is 14.2 Å². The van der Waals surface area contributed by atoms with Crippen molar-refractivity contribution in [2.75, 3.05) is 7.11 Å². The van der Waals surface area contributed by atoms with Crippen LogP contribution in [0.15, 0.2) is 24.3 Å². The number of nitrogens with zero attached hydrogens (tertiary/aromatic N) is 1. The lowest BCUT2D eigenvalue weighted by Gasteiger charge is -2.43. The van der Waals surface area contributed by atoms with Crippen molar-refractivity contribution in [3.8, 4) is 5.75 Å². The molecule has 1 aliphatic heterocycles. The highest BCUT2D eigenvalue weighted by Gasteiger charge is 2.43. The van der Waals surface area contributed by atoms with Crippen LogP contribution in [-0.2, 0) is 15.8 Å². The summed E-state index contributed by atoms with van der Waals surface area (Å²) >= 11 is 0. The van der Waals surface area contributed by atoms with Crippen molar-refractivity contribution in [3.05, 3.63) is 29.8 Å². The molecule has 1 fully saturated rings. The third kappa shape index (κ3) is 4.62. The molecule has 0 aliphatic carbocycles. The van der Waals surface area contributed by atoms with E-state index in [1.807, 2.05) is 24.3 Å². The highest BCUT2D eigenvalue weighted by atomic mass is 28.4. The molecule has 1 aromatic rings. The van der Waals surface area contributed by atoms with Gasteiger partial charge < -0.3 is 19.2 Å². The van der Waals surface area contributed by atoms with Gasteiger partial charge in [0.15, 0.2) is 8.32 Å². The predicted octanol–water partition coefficient (Wildman–Crippen LogP) is 3.53. The maximum absolute atomic E-state index is 12.9. The first-order chi connectivity index (χ1) is 11.5. The van der Waals surface area contributed by atoms with Crippen molar-refractivity contribution in [2.45, 2.75) is 70.6 Å². The third-order valence-corrected chi connectivity index (χ3v) is 9.85. The normalized spacial score (nSPS) is 22.2. The van der Waals surface area contributed by atoms with Gasteiger partial charge in [0.1, 0.15) is 18.1 Å². The first kappa shape index (κ1) is 19.9. The van der Waals surface area contributed by atoms with Crippen LogP contribution in [0.1, 0.15) is 39.2 Å². The van der Waals surface area contributed by atoms with Gasteiger partial charge >= 0.3 is 0 Å². The van der Waals surface area contributed by atoms with Crippen molar-refractivity contribution < 1.29 is 19.1 Å². The Kier molecular flexibility index (Phi) is 5.96. The molecule has 25 heavy (non-hydrogen) atoms. The molecule has 0 spiro atoms. The molecule has 0 radical (unpaired) electrons. The number of piperidine rings is 1. The highest BCUT2D eigenvalue weighted by Crippen LogP contribution is 2.38. The van der Waals surface area contributed by atoms with Crippen LogP contribution in [0.3, 0.4) is 0 Å². The number of hydrogen-bond donors (Lipinski definition) is 1. The van der Waals surface area contributed by atoms with Gasteiger partial charge in [0.25, 0.3) is 5.91 Å². The van der Waals surface area contributed by atoms with Gasteiger partial charge in [0.05, 0.1) is 7.11 Å². The lowest BCUT2D eigenvalue weighted by molar-refractivity contribution is -0.159. The monoisotopic (exact) mass is 365 g/mol. The topological polar surface area (TPSA) is 59.0 Å². The van der Waals surface area contributed by atoms with Crippen molar-refractivity contribution in [3.63, 3.8) is 0 Å². The zero-order chi connectivity index (χ0) is 18.8. The van der Waals surface area contributed by atoms with Crippen molar-refractivity contribution in [1.29, 1.82) is 0 Å². The fourth-order valence-corrected chi connectivity index (χ4v) is 3.95. The maximum Gasteiger partial charge on any atom is 0.252 e. The maximum atomic E-state index is 12.9. The molecule has 0 aromatic heterocycles. The van der Waals surface area contributed by atoms with Crippen molar-refractivity contribution in [2.24, 2.45) is 0 Å². The van der Waals surface area contributed by atoms with Crippen molar-refractivity contribution in [1.82, 2.24) is 4.90 Å². The molecule has 2 rings (SSSR count). The molecule has 1 aromatic carbocycles. The lowest BCUT2D eigenvalue weighted by atomic mass is 10.0. The average molecular weight is 366 g/mol. The van der Waals surface area contributed by atoms with E-state index in [2.05, 4.69) is 33.9 Å². The number of ether oxygens (including phenoxy) is 1. The number of aliphatic hydroxyl groups excluding tert-OH is 1. The number of aliphatic hydroxyl groups is 1. The highest BCUT2D eigenvalue weighted by molar-refractivity contribution is 6.74. The van der Waals surface area contributed by atoms with Crippen LogP contribution >= 0.6 is 0 Å². The molecule has 1 heterocycles. The van der Waals surface area contributed by atoms with Crippen LogP contribution < -0.4 is 4.74 Å². The summed E-state index contributed by atoms with van der Waals surface area (Å²) in [6.45, 7) is 11.2. The minimum Gasteiger partial charge on any atom is -0.497 e. The molecule has 1 saturated heterocycles. The number of amides is 1. The molecule has 0 bridgehead atoms. The summed E-state index contributed by atoms with van der Waals surface area (Å²) in [6, 6.07) is 7.55. The molecule has 6 heteroatoms. The Bertz CT molecular complexity index is 594. The molecule has 1 amide bonds. The molecule has 2 atom stereocenters.